The smallest absolute Gasteiger partial charge is 0.317 e. The topological polar surface area (TPSA) is 59.0 Å². The molecular weight excluding hydrogens is 326 g/mol. The van der Waals surface area contributed by atoms with E-state index in [4.69, 9.17) is 14.6 Å². The lowest BCUT2D eigenvalue weighted by Crippen LogP contribution is -2.35. The summed E-state index contributed by atoms with van der Waals surface area (Å²) in [5.74, 6) is 0.601. The Morgan fingerprint density at radius 3 is 2.75 bits per heavy atom. The summed E-state index contributed by atoms with van der Waals surface area (Å²) >= 11 is 3.47. The van der Waals surface area contributed by atoms with Crippen LogP contribution < -0.4 is 9.47 Å². The van der Waals surface area contributed by atoms with E-state index < -0.39 is 5.97 Å². The summed E-state index contributed by atoms with van der Waals surface area (Å²) in [7, 11) is 0. The van der Waals surface area contributed by atoms with E-state index in [2.05, 4.69) is 15.9 Å². The molecule has 0 saturated carbocycles. The van der Waals surface area contributed by atoms with Crippen LogP contribution in [0, 0.1) is 0 Å². The van der Waals surface area contributed by atoms with E-state index >= 15 is 0 Å². The average molecular weight is 344 g/mol. The molecule has 1 heterocycles. The lowest BCUT2D eigenvalue weighted by Gasteiger charge is -2.26. The first-order valence-electron chi connectivity index (χ1n) is 6.51. The van der Waals surface area contributed by atoms with Crippen molar-refractivity contribution in [2.45, 2.75) is 26.4 Å². The van der Waals surface area contributed by atoms with Crippen molar-refractivity contribution in [1.29, 1.82) is 0 Å². The van der Waals surface area contributed by atoms with Crippen molar-refractivity contribution in [3.05, 3.63) is 22.2 Å². The van der Waals surface area contributed by atoms with Crippen LogP contribution in [-0.2, 0) is 11.3 Å². The number of benzene rings is 1. The molecule has 20 heavy (non-hydrogen) atoms. The molecule has 1 aromatic carbocycles. The highest BCUT2D eigenvalue weighted by Gasteiger charge is 2.19. The van der Waals surface area contributed by atoms with E-state index in [0.29, 0.717) is 31.3 Å². The summed E-state index contributed by atoms with van der Waals surface area (Å²) in [5.41, 5.74) is 0.996. The number of aliphatic carboxylic acids is 1. The number of hydrogen-bond acceptors (Lipinski definition) is 4. The largest absolute Gasteiger partial charge is 0.486 e. The number of carbonyl (C=O) groups is 1. The van der Waals surface area contributed by atoms with Gasteiger partial charge in [0.05, 0.1) is 11.0 Å². The van der Waals surface area contributed by atoms with E-state index in [-0.39, 0.29) is 12.6 Å². The molecule has 6 heteroatoms. The second-order valence-electron chi connectivity index (χ2n) is 4.99. The van der Waals surface area contributed by atoms with E-state index in [1.165, 1.54) is 0 Å². The summed E-state index contributed by atoms with van der Waals surface area (Å²) in [5, 5.41) is 8.96. The van der Waals surface area contributed by atoms with Gasteiger partial charge in [0.1, 0.15) is 13.2 Å². The minimum atomic E-state index is -0.824. The van der Waals surface area contributed by atoms with Gasteiger partial charge in [0.25, 0.3) is 0 Å². The quantitative estimate of drug-likeness (QED) is 0.890. The Bertz CT molecular complexity index is 504. The van der Waals surface area contributed by atoms with Crippen molar-refractivity contribution in [3.8, 4) is 11.5 Å². The molecule has 0 atom stereocenters. The first kappa shape index (κ1) is 15.1. The molecule has 0 unspecified atom stereocenters. The number of carboxylic acids is 1. The van der Waals surface area contributed by atoms with Gasteiger partial charge in [0.15, 0.2) is 11.5 Å². The van der Waals surface area contributed by atoms with Crippen LogP contribution in [-0.4, -0.2) is 41.8 Å². The lowest BCUT2D eigenvalue weighted by molar-refractivity contribution is -0.138. The van der Waals surface area contributed by atoms with Crippen LogP contribution in [0.15, 0.2) is 16.6 Å². The van der Waals surface area contributed by atoms with Crippen LogP contribution in [0.3, 0.4) is 0 Å². The zero-order valence-corrected chi connectivity index (χ0v) is 13.1. The molecule has 1 N–H and O–H groups in total. The molecule has 0 aromatic heterocycles. The standard InChI is InChI=1S/C14H18BrNO4/c1-9(2)16(8-13(17)18)7-10-5-11(15)14-12(6-10)19-3-4-20-14/h5-6,9H,3-4,7-8H2,1-2H3,(H,17,18). The number of nitrogens with zero attached hydrogens (tertiary/aromatic N) is 1. The fourth-order valence-electron chi connectivity index (χ4n) is 2.08. The first-order valence-corrected chi connectivity index (χ1v) is 7.30. The molecule has 0 spiro atoms. The normalized spacial score (nSPS) is 13.8. The Morgan fingerprint density at radius 1 is 1.40 bits per heavy atom. The zero-order valence-electron chi connectivity index (χ0n) is 11.6. The molecule has 0 radical (unpaired) electrons. The van der Waals surface area contributed by atoms with Gasteiger partial charge in [-0.15, -0.1) is 0 Å². The third-order valence-electron chi connectivity index (χ3n) is 3.11. The maximum absolute atomic E-state index is 10.9. The predicted octanol–water partition coefficient (Wildman–Crippen LogP) is 2.52. The Kier molecular flexibility index (Phi) is 4.88. The summed E-state index contributed by atoms with van der Waals surface area (Å²) in [6, 6.07) is 4.01. The molecule has 1 aromatic rings. The molecular formula is C14H18BrNO4. The molecule has 0 bridgehead atoms. The van der Waals surface area contributed by atoms with E-state index in [1.807, 2.05) is 30.9 Å². The molecule has 0 saturated heterocycles. The number of hydrogen-bond donors (Lipinski definition) is 1. The highest BCUT2D eigenvalue weighted by molar-refractivity contribution is 9.10. The van der Waals surface area contributed by atoms with Crippen LogP contribution in [0.25, 0.3) is 0 Å². The van der Waals surface area contributed by atoms with E-state index in [1.54, 1.807) is 0 Å². The highest BCUT2D eigenvalue weighted by atomic mass is 79.9. The number of halogens is 1. The highest BCUT2D eigenvalue weighted by Crippen LogP contribution is 2.38. The molecule has 110 valence electrons. The molecule has 2 rings (SSSR count). The van der Waals surface area contributed by atoms with Gasteiger partial charge in [-0.2, -0.15) is 0 Å². The van der Waals surface area contributed by atoms with Crippen LogP contribution >= 0.6 is 15.9 Å². The van der Waals surface area contributed by atoms with E-state index in [9.17, 15) is 4.79 Å². The first-order chi connectivity index (χ1) is 9.47. The lowest BCUT2D eigenvalue weighted by atomic mass is 10.1. The second-order valence-corrected chi connectivity index (χ2v) is 5.85. The molecule has 1 aliphatic rings. The maximum atomic E-state index is 10.9. The summed E-state index contributed by atoms with van der Waals surface area (Å²) in [6.45, 7) is 5.61. The van der Waals surface area contributed by atoms with Gasteiger partial charge in [-0.1, -0.05) is 0 Å². The molecule has 1 aliphatic heterocycles. The second kappa shape index (κ2) is 6.45. The number of fused-ring (bicyclic) bond motifs is 1. The van der Waals surface area contributed by atoms with Crippen molar-refractivity contribution in [2.24, 2.45) is 0 Å². The molecule has 0 aliphatic carbocycles. The summed E-state index contributed by atoms with van der Waals surface area (Å²) in [6.07, 6.45) is 0. The zero-order chi connectivity index (χ0) is 14.7. The monoisotopic (exact) mass is 343 g/mol. The van der Waals surface area contributed by atoms with Gasteiger partial charge in [-0.3, -0.25) is 9.69 Å². The van der Waals surface area contributed by atoms with Gasteiger partial charge in [-0.25, -0.2) is 0 Å². The van der Waals surface area contributed by atoms with Crippen LogP contribution in [0.4, 0.5) is 0 Å². The van der Waals surface area contributed by atoms with Crippen molar-refractivity contribution < 1.29 is 19.4 Å². The number of ether oxygens (including phenoxy) is 2. The SMILES string of the molecule is CC(C)N(CC(=O)O)Cc1cc(Br)c2c(c1)OCCO2. The third-order valence-corrected chi connectivity index (χ3v) is 3.70. The maximum Gasteiger partial charge on any atom is 0.317 e. The van der Waals surface area contributed by atoms with Crippen LogP contribution in [0.1, 0.15) is 19.4 Å². The Hall–Kier alpha value is -1.27. The predicted molar refractivity (Wildman–Crippen MR) is 78.3 cm³/mol. The Morgan fingerprint density at radius 2 is 2.10 bits per heavy atom. The third kappa shape index (κ3) is 3.64. The molecule has 0 fully saturated rings. The van der Waals surface area contributed by atoms with Crippen molar-refractivity contribution in [2.75, 3.05) is 19.8 Å². The van der Waals surface area contributed by atoms with Gasteiger partial charge in [0, 0.05) is 12.6 Å². The van der Waals surface area contributed by atoms with Crippen LogP contribution in [0.2, 0.25) is 0 Å². The van der Waals surface area contributed by atoms with Crippen molar-refractivity contribution in [1.82, 2.24) is 4.90 Å². The minimum absolute atomic E-state index is 0.0176. The Labute approximate surface area is 126 Å². The van der Waals surface area contributed by atoms with Gasteiger partial charge in [0.2, 0.25) is 0 Å². The van der Waals surface area contributed by atoms with E-state index in [0.717, 1.165) is 10.0 Å². The fourth-order valence-corrected chi connectivity index (χ4v) is 2.69. The fraction of sp³-hybridized carbons (Fsp3) is 0.500. The number of carboxylic acid groups (broad SMARTS) is 1. The van der Waals surface area contributed by atoms with Gasteiger partial charge >= 0.3 is 5.97 Å². The van der Waals surface area contributed by atoms with Crippen LogP contribution in [0.5, 0.6) is 11.5 Å². The Balaban J connectivity index is 2.19. The average Bonchev–Trinajstić information content (AvgIpc) is 2.37. The van der Waals surface area contributed by atoms with Gasteiger partial charge < -0.3 is 14.6 Å². The molecule has 0 amide bonds. The minimum Gasteiger partial charge on any atom is -0.486 e. The van der Waals surface area contributed by atoms with Crippen molar-refractivity contribution in [3.63, 3.8) is 0 Å². The summed E-state index contributed by atoms with van der Waals surface area (Å²) in [4.78, 5) is 12.8. The van der Waals surface area contributed by atoms with Crippen molar-refractivity contribution >= 4 is 21.9 Å². The molecule has 5 nitrogen and oxygen atoms in total. The number of rotatable bonds is 5. The summed E-state index contributed by atoms with van der Waals surface area (Å²) < 4.78 is 12.0. The van der Waals surface area contributed by atoms with Gasteiger partial charge in [-0.05, 0) is 47.5 Å².